The van der Waals surface area contributed by atoms with Gasteiger partial charge in [0.05, 0.1) is 5.41 Å². The molecule has 0 aliphatic heterocycles. The van der Waals surface area contributed by atoms with Crippen LogP contribution in [0.4, 0.5) is 5.69 Å². The molecule has 0 saturated carbocycles. The molecule has 1 rings (SSSR count). The largest absolute Gasteiger partial charge is 0.329 e. The maximum Gasteiger partial charge on any atom is 0.231 e. The molecule has 118 valence electrons. The van der Waals surface area contributed by atoms with Gasteiger partial charge in [-0.2, -0.15) is 0 Å². The molecule has 1 aromatic rings. The summed E-state index contributed by atoms with van der Waals surface area (Å²) >= 11 is 0. The Morgan fingerprint density at radius 1 is 1.24 bits per heavy atom. The van der Waals surface area contributed by atoms with Crippen LogP contribution in [-0.2, 0) is 4.79 Å². The van der Waals surface area contributed by atoms with Crippen molar-refractivity contribution in [2.75, 3.05) is 11.9 Å². The van der Waals surface area contributed by atoms with Gasteiger partial charge < -0.3 is 11.1 Å². The highest BCUT2D eigenvalue weighted by Gasteiger charge is 2.30. The Labute approximate surface area is 129 Å². The standard InChI is InChI=1S/C18H30N2O/c1-7-18(6,11-19)17(21)20-16-9-8-14(12(2)3)10-15(16)13(4)5/h8-10,12-13H,7,11,19H2,1-6H3,(H,20,21). The van der Waals surface area contributed by atoms with E-state index in [1.54, 1.807) is 0 Å². The molecule has 0 aromatic heterocycles. The number of carbonyl (C=O) groups excluding carboxylic acids is 1. The van der Waals surface area contributed by atoms with E-state index in [2.05, 4.69) is 45.1 Å². The number of nitrogens with one attached hydrogen (secondary N) is 1. The summed E-state index contributed by atoms with van der Waals surface area (Å²) in [4.78, 5) is 12.5. The molecule has 0 aliphatic carbocycles. The predicted octanol–water partition coefficient (Wildman–Crippen LogP) is 4.25. The molecule has 0 bridgehead atoms. The summed E-state index contributed by atoms with van der Waals surface area (Å²) < 4.78 is 0. The molecule has 1 unspecified atom stereocenters. The third kappa shape index (κ3) is 4.07. The van der Waals surface area contributed by atoms with Gasteiger partial charge in [-0.1, -0.05) is 46.8 Å². The molecule has 0 fully saturated rings. The maximum atomic E-state index is 12.5. The van der Waals surface area contributed by atoms with E-state index in [0.29, 0.717) is 18.4 Å². The van der Waals surface area contributed by atoms with Gasteiger partial charge in [0.25, 0.3) is 0 Å². The minimum absolute atomic E-state index is 0.00620. The molecule has 3 heteroatoms. The van der Waals surface area contributed by atoms with E-state index in [1.165, 1.54) is 11.1 Å². The van der Waals surface area contributed by atoms with E-state index in [4.69, 9.17) is 5.73 Å². The first-order valence-electron chi connectivity index (χ1n) is 7.90. The second-order valence-corrected chi connectivity index (χ2v) is 6.73. The highest BCUT2D eigenvalue weighted by molar-refractivity contribution is 5.96. The van der Waals surface area contributed by atoms with Gasteiger partial charge in [-0.25, -0.2) is 0 Å². The van der Waals surface area contributed by atoms with Crippen LogP contribution in [0.2, 0.25) is 0 Å². The Balaban J connectivity index is 3.11. The van der Waals surface area contributed by atoms with Crippen LogP contribution >= 0.6 is 0 Å². The van der Waals surface area contributed by atoms with Gasteiger partial charge in [-0.05, 0) is 42.4 Å². The summed E-state index contributed by atoms with van der Waals surface area (Å²) in [7, 11) is 0. The summed E-state index contributed by atoms with van der Waals surface area (Å²) in [5.41, 5.74) is 8.66. The van der Waals surface area contributed by atoms with E-state index >= 15 is 0 Å². The number of amides is 1. The van der Waals surface area contributed by atoms with Gasteiger partial charge in [0.2, 0.25) is 5.91 Å². The average Bonchev–Trinajstić information content (AvgIpc) is 2.46. The SMILES string of the molecule is CCC(C)(CN)C(=O)Nc1ccc(C(C)C)cc1C(C)C. The highest BCUT2D eigenvalue weighted by Crippen LogP contribution is 2.30. The Morgan fingerprint density at radius 3 is 2.29 bits per heavy atom. The topological polar surface area (TPSA) is 55.1 Å². The molecule has 0 spiro atoms. The molecule has 21 heavy (non-hydrogen) atoms. The quantitative estimate of drug-likeness (QED) is 0.823. The van der Waals surface area contributed by atoms with Gasteiger partial charge in [0.15, 0.2) is 0 Å². The van der Waals surface area contributed by atoms with Gasteiger partial charge in [-0.15, -0.1) is 0 Å². The molecule has 1 atom stereocenters. The molecule has 0 heterocycles. The van der Waals surface area contributed by atoms with Gasteiger partial charge >= 0.3 is 0 Å². The lowest BCUT2D eigenvalue weighted by atomic mass is 9.86. The summed E-state index contributed by atoms with van der Waals surface area (Å²) in [5, 5.41) is 3.08. The predicted molar refractivity (Wildman–Crippen MR) is 90.7 cm³/mol. The van der Waals surface area contributed by atoms with Crippen molar-refractivity contribution in [3.63, 3.8) is 0 Å². The summed E-state index contributed by atoms with van der Waals surface area (Å²) in [5.74, 6) is 0.855. The van der Waals surface area contributed by atoms with Crippen LogP contribution in [0.5, 0.6) is 0 Å². The second-order valence-electron chi connectivity index (χ2n) is 6.73. The first kappa shape index (κ1) is 17.7. The van der Waals surface area contributed by atoms with E-state index < -0.39 is 5.41 Å². The zero-order valence-electron chi connectivity index (χ0n) is 14.3. The third-order valence-electron chi connectivity index (χ3n) is 4.39. The summed E-state index contributed by atoms with van der Waals surface area (Å²) in [6.07, 6.45) is 0.733. The van der Waals surface area contributed by atoms with Crippen molar-refractivity contribution < 1.29 is 4.79 Å². The molecule has 0 saturated heterocycles. The summed E-state index contributed by atoms with van der Waals surface area (Å²) in [6, 6.07) is 6.32. The van der Waals surface area contributed by atoms with Crippen LogP contribution in [0.15, 0.2) is 18.2 Å². The fraction of sp³-hybridized carbons (Fsp3) is 0.611. The monoisotopic (exact) mass is 290 g/mol. The van der Waals surface area contributed by atoms with Crippen LogP contribution in [0.25, 0.3) is 0 Å². The van der Waals surface area contributed by atoms with Crippen molar-refractivity contribution in [1.82, 2.24) is 0 Å². The van der Waals surface area contributed by atoms with Gasteiger partial charge in [0.1, 0.15) is 0 Å². The zero-order valence-corrected chi connectivity index (χ0v) is 14.3. The molecule has 3 N–H and O–H groups in total. The number of anilines is 1. The van der Waals surface area contributed by atoms with Crippen LogP contribution in [-0.4, -0.2) is 12.5 Å². The molecule has 1 aromatic carbocycles. The van der Waals surface area contributed by atoms with Gasteiger partial charge in [-0.3, -0.25) is 4.79 Å². The van der Waals surface area contributed by atoms with E-state index in [1.807, 2.05) is 19.9 Å². The Bertz CT molecular complexity index is 488. The third-order valence-corrected chi connectivity index (χ3v) is 4.39. The minimum atomic E-state index is -0.509. The lowest BCUT2D eigenvalue weighted by Gasteiger charge is -2.26. The Morgan fingerprint density at radius 2 is 1.86 bits per heavy atom. The molecule has 0 aliphatic rings. The van der Waals surface area contributed by atoms with Crippen LogP contribution in [0.1, 0.15) is 70.9 Å². The number of hydrogen-bond donors (Lipinski definition) is 2. The average molecular weight is 290 g/mol. The van der Waals surface area contributed by atoms with Crippen molar-refractivity contribution >= 4 is 11.6 Å². The fourth-order valence-electron chi connectivity index (χ4n) is 2.20. The van der Waals surface area contributed by atoms with E-state index in [9.17, 15) is 4.79 Å². The number of carbonyl (C=O) groups is 1. The lowest BCUT2D eigenvalue weighted by Crippen LogP contribution is -2.39. The fourth-order valence-corrected chi connectivity index (χ4v) is 2.20. The summed E-state index contributed by atoms with van der Waals surface area (Å²) in [6.45, 7) is 12.9. The van der Waals surface area contributed by atoms with Crippen LogP contribution < -0.4 is 11.1 Å². The van der Waals surface area contributed by atoms with Crippen molar-refractivity contribution in [1.29, 1.82) is 0 Å². The molecule has 0 radical (unpaired) electrons. The normalized spacial score (nSPS) is 14.3. The number of benzene rings is 1. The van der Waals surface area contributed by atoms with E-state index in [0.717, 1.165) is 12.1 Å². The molecular formula is C18H30N2O. The van der Waals surface area contributed by atoms with Crippen molar-refractivity contribution in [3.8, 4) is 0 Å². The number of rotatable bonds is 6. The maximum absolute atomic E-state index is 12.5. The van der Waals surface area contributed by atoms with E-state index in [-0.39, 0.29) is 5.91 Å². The molecule has 1 amide bonds. The smallest absolute Gasteiger partial charge is 0.231 e. The second kappa shape index (κ2) is 7.08. The van der Waals surface area contributed by atoms with Crippen LogP contribution in [0.3, 0.4) is 0 Å². The van der Waals surface area contributed by atoms with Gasteiger partial charge in [0, 0.05) is 12.2 Å². The van der Waals surface area contributed by atoms with Crippen molar-refractivity contribution in [3.05, 3.63) is 29.3 Å². The zero-order chi connectivity index (χ0) is 16.2. The number of nitrogens with two attached hydrogens (primary N) is 1. The minimum Gasteiger partial charge on any atom is -0.329 e. The highest BCUT2D eigenvalue weighted by atomic mass is 16.2. The molecule has 3 nitrogen and oxygen atoms in total. The number of hydrogen-bond acceptors (Lipinski definition) is 2. The Hall–Kier alpha value is -1.35. The van der Waals surface area contributed by atoms with Crippen molar-refractivity contribution in [2.45, 2.75) is 59.8 Å². The van der Waals surface area contributed by atoms with Crippen molar-refractivity contribution in [2.24, 2.45) is 11.1 Å². The Kier molecular flexibility index (Phi) is 5.97. The van der Waals surface area contributed by atoms with Crippen LogP contribution in [0, 0.1) is 5.41 Å². The lowest BCUT2D eigenvalue weighted by molar-refractivity contribution is -0.124. The molecular weight excluding hydrogens is 260 g/mol. The first-order chi connectivity index (χ1) is 9.75. The first-order valence-corrected chi connectivity index (χ1v) is 7.90.